The molecule has 0 spiro atoms. The smallest absolute Gasteiger partial charge is 0.409 e. The normalized spacial score (nSPS) is 14.8. The molecular formula is C19H29N3O4. The van der Waals surface area contributed by atoms with Crippen molar-refractivity contribution in [1.82, 2.24) is 10.2 Å². The van der Waals surface area contributed by atoms with Crippen molar-refractivity contribution in [2.75, 3.05) is 31.6 Å². The van der Waals surface area contributed by atoms with E-state index in [1.54, 1.807) is 11.8 Å². The Balaban J connectivity index is 1.68. The lowest BCUT2D eigenvalue weighted by atomic mass is 10.1. The number of ether oxygens (including phenoxy) is 2. The molecule has 0 bridgehead atoms. The lowest BCUT2D eigenvalue weighted by Crippen LogP contribution is -2.47. The Morgan fingerprint density at radius 3 is 2.42 bits per heavy atom. The zero-order valence-electron chi connectivity index (χ0n) is 15.8. The van der Waals surface area contributed by atoms with Crippen molar-refractivity contribution < 1.29 is 19.1 Å². The summed E-state index contributed by atoms with van der Waals surface area (Å²) in [5.41, 5.74) is 0.869. The van der Waals surface area contributed by atoms with Crippen molar-refractivity contribution in [3.05, 3.63) is 24.3 Å². The molecule has 7 heteroatoms. The number of carbonyl (C=O) groups excluding carboxylic acids is 2. The van der Waals surface area contributed by atoms with E-state index in [1.807, 2.05) is 38.1 Å². The molecule has 7 nitrogen and oxygen atoms in total. The minimum Gasteiger partial charge on any atom is -0.491 e. The molecule has 2 rings (SSSR count). The van der Waals surface area contributed by atoms with Gasteiger partial charge in [-0.3, -0.25) is 4.79 Å². The van der Waals surface area contributed by atoms with E-state index in [4.69, 9.17) is 9.47 Å². The van der Waals surface area contributed by atoms with Crippen LogP contribution in [-0.4, -0.2) is 55.3 Å². The van der Waals surface area contributed by atoms with Crippen LogP contribution >= 0.6 is 0 Å². The van der Waals surface area contributed by atoms with E-state index in [-0.39, 0.29) is 30.7 Å². The highest BCUT2D eigenvalue weighted by atomic mass is 16.6. The Hall–Kier alpha value is -2.44. The molecular weight excluding hydrogens is 334 g/mol. The monoisotopic (exact) mass is 363 g/mol. The van der Waals surface area contributed by atoms with Crippen LogP contribution in [-0.2, 0) is 9.53 Å². The average Bonchev–Trinajstić information content (AvgIpc) is 2.61. The second-order valence-electron chi connectivity index (χ2n) is 6.57. The van der Waals surface area contributed by atoms with Gasteiger partial charge >= 0.3 is 6.09 Å². The number of likely N-dealkylation sites (tertiary alicyclic amines) is 1. The molecule has 1 aromatic rings. The molecule has 2 N–H and O–H groups in total. The number of carbonyl (C=O) groups is 2. The first-order valence-corrected chi connectivity index (χ1v) is 9.19. The molecule has 0 unspecified atom stereocenters. The fourth-order valence-electron chi connectivity index (χ4n) is 2.81. The van der Waals surface area contributed by atoms with Crippen LogP contribution in [0.3, 0.4) is 0 Å². The second kappa shape index (κ2) is 9.89. The zero-order valence-corrected chi connectivity index (χ0v) is 15.8. The van der Waals surface area contributed by atoms with Crippen molar-refractivity contribution in [2.45, 2.75) is 45.8 Å². The fourth-order valence-corrected chi connectivity index (χ4v) is 2.81. The molecule has 0 radical (unpaired) electrons. The van der Waals surface area contributed by atoms with E-state index in [2.05, 4.69) is 10.6 Å². The number of piperidine rings is 1. The van der Waals surface area contributed by atoms with Gasteiger partial charge in [-0.25, -0.2) is 4.79 Å². The van der Waals surface area contributed by atoms with Crippen LogP contribution in [0.5, 0.6) is 5.75 Å². The van der Waals surface area contributed by atoms with Crippen molar-refractivity contribution in [3.63, 3.8) is 0 Å². The molecule has 26 heavy (non-hydrogen) atoms. The summed E-state index contributed by atoms with van der Waals surface area (Å²) >= 11 is 0. The molecule has 1 aliphatic rings. The SMILES string of the molecule is CCOC(=O)N1CCC(NC(=O)CNc2ccc(OC(C)C)cc2)CC1. The van der Waals surface area contributed by atoms with Crippen LogP contribution < -0.4 is 15.4 Å². The standard InChI is InChI=1S/C19H29N3O4/c1-4-25-19(24)22-11-9-16(10-12-22)21-18(23)13-20-15-5-7-17(8-6-15)26-14(2)3/h5-8,14,16,20H,4,9-13H2,1-3H3,(H,21,23). The second-order valence-corrected chi connectivity index (χ2v) is 6.57. The number of rotatable bonds is 7. The topological polar surface area (TPSA) is 79.9 Å². The van der Waals surface area contributed by atoms with Gasteiger partial charge in [-0.2, -0.15) is 0 Å². The average molecular weight is 363 g/mol. The Kier molecular flexibility index (Phi) is 7.56. The van der Waals surface area contributed by atoms with E-state index < -0.39 is 0 Å². The molecule has 1 aliphatic heterocycles. The van der Waals surface area contributed by atoms with Crippen LogP contribution in [0.1, 0.15) is 33.6 Å². The van der Waals surface area contributed by atoms with Crippen LogP contribution in [0.4, 0.5) is 10.5 Å². The number of benzene rings is 1. The van der Waals surface area contributed by atoms with Gasteiger partial charge in [0, 0.05) is 24.8 Å². The first-order valence-electron chi connectivity index (χ1n) is 9.19. The molecule has 144 valence electrons. The Morgan fingerprint density at radius 1 is 1.19 bits per heavy atom. The number of nitrogens with zero attached hydrogens (tertiary/aromatic N) is 1. The lowest BCUT2D eigenvalue weighted by Gasteiger charge is -2.31. The van der Waals surface area contributed by atoms with E-state index in [0.717, 1.165) is 24.3 Å². The van der Waals surface area contributed by atoms with Crippen molar-refractivity contribution in [3.8, 4) is 5.75 Å². The molecule has 0 atom stereocenters. The summed E-state index contributed by atoms with van der Waals surface area (Å²) in [7, 11) is 0. The van der Waals surface area contributed by atoms with Gasteiger partial charge < -0.3 is 25.0 Å². The summed E-state index contributed by atoms with van der Waals surface area (Å²) in [6.07, 6.45) is 1.34. The molecule has 0 aliphatic carbocycles. The minimum atomic E-state index is -0.274. The van der Waals surface area contributed by atoms with Gasteiger partial charge in [-0.05, 0) is 57.9 Å². The Labute approximate surface area is 155 Å². The van der Waals surface area contributed by atoms with E-state index in [9.17, 15) is 9.59 Å². The first-order chi connectivity index (χ1) is 12.5. The number of amides is 2. The van der Waals surface area contributed by atoms with E-state index >= 15 is 0 Å². The third-order valence-electron chi connectivity index (χ3n) is 4.07. The predicted molar refractivity (Wildman–Crippen MR) is 100 cm³/mol. The van der Waals surface area contributed by atoms with Gasteiger partial charge in [0.25, 0.3) is 0 Å². The van der Waals surface area contributed by atoms with Crippen molar-refractivity contribution in [1.29, 1.82) is 0 Å². The third kappa shape index (κ3) is 6.46. The maximum absolute atomic E-state index is 12.1. The molecule has 1 saturated heterocycles. The number of hydrogen-bond donors (Lipinski definition) is 2. The molecule has 0 saturated carbocycles. The van der Waals surface area contributed by atoms with Crippen LogP contribution in [0.2, 0.25) is 0 Å². The maximum Gasteiger partial charge on any atom is 0.409 e. The molecule has 0 aromatic heterocycles. The predicted octanol–water partition coefficient (Wildman–Crippen LogP) is 2.62. The molecule has 1 aromatic carbocycles. The van der Waals surface area contributed by atoms with Gasteiger partial charge in [-0.15, -0.1) is 0 Å². The van der Waals surface area contributed by atoms with Crippen LogP contribution in [0, 0.1) is 0 Å². The first kappa shape index (κ1) is 19.9. The number of nitrogens with one attached hydrogen (secondary N) is 2. The molecule has 2 amide bonds. The quantitative estimate of drug-likeness (QED) is 0.778. The highest BCUT2D eigenvalue weighted by Crippen LogP contribution is 2.17. The highest BCUT2D eigenvalue weighted by molar-refractivity contribution is 5.81. The fraction of sp³-hybridized carbons (Fsp3) is 0.579. The highest BCUT2D eigenvalue weighted by Gasteiger charge is 2.24. The van der Waals surface area contributed by atoms with Gasteiger partial charge in [0.15, 0.2) is 0 Å². The van der Waals surface area contributed by atoms with Crippen molar-refractivity contribution >= 4 is 17.7 Å². The number of anilines is 1. The summed E-state index contributed by atoms with van der Waals surface area (Å²) in [6.45, 7) is 7.56. The van der Waals surface area contributed by atoms with E-state index in [0.29, 0.717) is 19.7 Å². The molecule has 1 heterocycles. The van der Waals surface area contributed by atoms with Gasteiger partial charge in [0.05, 0.1) is 19.3 Å². The largest absolute Gasteiger partial charge is 0.491 e. The van der Waals surface area contributed by atoms with Gasteiger partial charge in [-0.1, -0.05) is 0 Å². The molecule has 1 fully saturated rings. The third-order valence-corrected chi connectivity index (χ3v) is 4.07. The Bertz CT molecular complexity index is 581. The Morgan fingerprint density at radius 2 is 1.85 bits per heavy atom. The van der Waals surface area contributed by atoms with Crippen LogP contribution in [0.15, 0.2) is 24.3 Å². The van der Waals surface area contributed by atoms with Crippen LogP contribution in [0.25, 0.3) is 0 Å². The summed E-state index contributed by atoms with van der Waals surface area (Å²) in [4.78, 5) is 25.5. The summed E-state index contributed by atoms with van der Waals surface area (Å²) in [5.74, 6) is 0.755. The van der Waals surface area contributed by atoms with Gasteiger partial charge in [0.1, 0.15) is 5.75 Å². The lowest BCUT2D eigenvalue weighted by molar-refractivity contribution is -0.120. The minimum absolute atomic E-state index is 0.0536. The van der Waals surface area contributed by atoms with Gasteiger partial charge in [0.2, 0.25) is 5.91 Å². The van der Waals surface area contributed by atoms with Crippen molar-refractivity contribution in [2.24, 2.45) is 0 Å². The number of hydrogen-bond acceptors (Lipinski definition) is 5. The summed E-state index contributed by atoms with van der Waals surface area (Å²) in [6, 6.07) is 7.64. The maximum atomic E-state index is 12.1. The summed E-state index contributed by atoms with van der Waals surface area (Å²) < 4.78 is 10.6. The summed E-state index contributed by atoms with van der Waals surface area (Å²) in [5, 5.41) is 6.12. The van der Waals surface area contributed by atoms with E-state index in [1.165, 1.54) is 0 Å². The zero-order chi connectivity index (χ0) is 18.9.